The molecule has 30 heavy (non-hydrogen) atoms. The van der Waals surface area contributed by atoms with Crippen LogP contribution in [0.3, 0.4) is 0 Å². The summed E-state index contributed by atoms with van der Waals surface area (Å²) in [5, 5.41) is 4.38. The number of carbonyl (C=O) groups is 2. The summed E-state index contributed by atoms with van der Waals surface area (Å²) >= 11 is 0. The number of hydrogen-bond donors (Lipinski definition) is 0. The van der Waals surface area contributed by atoms with E-state index >= 15 is 0 Å². The molecule has 0 N–H and O–H groups in total. The lowest BCUT2D eigenvalue weighted by Crippen LogP contribution is -2.47. The second-order valence-electron chi connectivity index (χ2n) is 7.77. The number of ether oxygens (including phenoxy) is 1. The average Bonchev–Trinajstić information content (AvgIpc) is 3.23. The van der Waals surface area contributed by atoms with Crippen LogP contribution in [0.4, 0.5) is 0 Å². The number of aromatic nitrogens is 3. The number of aryl methyl sites for hydroxylation is 2. The lowest BCUT2D eigenvalue weighted by molar-refractivity contribution is -0.0303. The molecule has 3 aromatic rings. The highest BCUT2D eigenvalue weighted by Crippen LogP contribution is 2.36. The number of carbonyl (C=O) groups excluding carboxylic acids is 2. The van der Waals surface area contributed by atoms with Crippen LogP contribution < -0.4 is 0 Å². The molecule has 1 atom stereocenters. The second-order valence-corrected chi connectivity index (χ2v) is 7.77. The van der Waals surface area contributed by atoms with Gasteiger partial charge in [-0.05, 0) is 37.1 Å². The quantitative estimate of drug-likeness (QED) is 0.527. The van der Waals surface area contributed by atoms with Gasteiger partial charge < -0.3 is 9.64 Å². The number of morpholine rings is 1. The van der Waals surface area contributed by atoms with Gasteiger partial charge in [-0.1, -0.05) is 30.3 Å². The third-order valence-corrected chi connectivity index (χ3v) is 5.74. The Morgan fingerprint density at radius 2 is 1.87 bits per heavy atom. The first-order valence-electron chi connectivity index (χ1n) is 10.1. The molecule has 1 aromatic heterocycles. The number of hydrogen-bond acceptors (Lipinski definition) is 5. The van der Waals surface area contributed by atoms with Gasteiger partial charge in [0.2, 0.25) is 0 Å². The van der Waals surface area contributed by atoms with Gasteiger partial charge in [0.1, 0.15) is 11.6 Å². The maximum Gasteiger partial charge on any atom is 0.254 e. The predicted octanol–water partition coefficient (Wildman–Crippen LogP) is 2.65. The first kappa shape index (κ1) is 18.7. The zero-order chi connectivity index (χ0) is 20.8. The number of ketones is 1. The van der Waals surface area contributed by atoms with Gasteiger partial charge in [0.15, 0.2) is 5.78 Å². The van der Waals surface area contributed by atoms with E-state index in [9.17, 15) is 9.59 Å². The van der Waals surface area contributed by atoms with Gasteiger partial charge in [-0.2, -0.15) is 5.10 Å². The van der Waals surface area contributed by atoms with Crippen molar-refractivity contribution in [3.63, 3.8) is 0 Å². The minimum absolute atomic E-state index is 0.0212. The summed E-state index contributed by atoms with van der Waals surface area (Å²) in [5.74, 6) is 1.45. The Hall–Kier alpha value is -3.32. The van der Waals surface area contributed by atoms with Gasteiger partial charge in [0.05, 0.1) is 19.3 Å². The molecule has 1 aliphatic heterocycles. The summed E-state index contributed by atoms with van der Waals surface area (Å²) in [7, 11) is 0. The molecule has 1 saturated heterocycles. The number of benzene rings is 2. The second kappa shape index (κ2) is 7.18. The normalized spacial score (nSPS) is 17.7. The zero-order valence-electron chi connectivity index (χ0n) is 17.0. The maximum absolute atomic E-state index is 13.2. The van der Waals surface area contributed by atoms with Gasteiger partial charge in [-0.3, -0.25) is 9.59 Å². The molecule has 1 aliphatic carbocycles. The Balaban J connectivity index is 1.35. The molecular weight excluding hydrogens is 380 g/mol. The van der Waals surface area contributed by atoms with Crippen molar-refractivity contribution in [2.45, 2.75) is 26.5 Å². The third-order valence-electron chi connectivity index (χ3n) is 5.74. The smallest absolute Gasteiger partial charge is 0.254 e. The summed E-state index contributed by atoms with van der Waals surface area (Å²) < 4.78 is 7.68. The number of fused-ring (bicyclic) bond motifs is 3. The van der Waals surface area contributed by atoms with Crippen molar-refractivity contribution in [2.24, 2.45) is 0 Å². The van der Waals surface area contributed by atoms with E-state index in [4.69, 9.17) is 4.74 Å². The van der Waals surface area contributed by atoms with Crippen molar-refractivity contribution < 1.29 is 14.3 Å². The van der Waals surface area contributed by atoms with Gasteiger partial charge in [-0.15, -0.1) is 0 Å². The van der Waals surface area contributed by atoms with E-state index in [1.165, 1.54) is 0 Å². The standard InChI is InChI=1S/C23H22N4O3/c1-14-24-15(2)27(25-14)13-17-12-26(9-10-30-17)23(29)16-7-8-19-18-5-3-4-6-20(18)22(28)21(19)11-16/h3-8,11,17H,9-10,12-13H2,1-2H3/t17-/m0/s1. The van der Waals surface area contributed by atoms with Crippen LogP contribution in [0.1, 0.15) is 37.9 Å². The minimum Gasteiger partial charge on any atom is -0.373 e. The lowest BCUT2D eigenvalue weighted by atomic mass is 10.0. The average molecular weight is 402 g/mol. The molecule has 0 unspecified atom stereocenters. The summed E-state index contributed by atoms with van der Waals surface area (Å²) in [6.07, 6.45) is -0.150. The molecule has 1 fully saturated rings. The van der Waals surface area contributed by atoms with E-state index in [0.717, 1.165) is 22.8 Å². The van der Waals surface area contributed by atoms with Gasteiger partial charge in [0, 0.05) is 29.8 Å². The van der Waals surface area contributed by atoms with Crippen molar-refractivity contribution in [1.29, 1.82) is 0 Å². The van der Waals surface area contributed by atoms with Crippen LogP contribution in [0.5, 0.6) is 0 Å². The first-order chi connectivity index (χ1) is 14.5. The molecule has 2 aromatic carbocycles. The Labute approximate surface area is 174 Å². The van der Waals surface area contributed by atoms with Gasteiger partial charge in [0.25, 0.3) is 5.91 Å². The third kappa shape index (κ3) is 3.11. The van der Waals surface area contributed by atoms with Crippen LogP contribution in [0.2, 0.25) is 0 Å². The molecule has 0 spiro atoms. The van der Waals surface area contributed by atoms with E-state index in [0.29, 0.717) is 42.9 Å². The fraction of sp³-hybridized carbons (Fsp3) is 0.304. The number of rotatable bonds is 3. The highest BCUT2D eigenvalue weighted by atomic mass is 16.5. The van der Waals surface area contributed by atoms with Crippen LogP contribution in [-0.4, -0.2) is 57.2 Å². The molecular formula is C23H22N4O3. The summed E-state index contributed by atoms with van der Waals surface area (Å²) in [6, 6.07) is 13.0. The van der Waals surface area contributed by atoms with E-state index in [-0.39, 0.29) is 17.8 Å². The Morgan fingerprint density at radius 1 is 1.10 bits per heavy atom. The van der Waals surface area contributed by atoms with Crippen molar-refractivity contribution in [3.8, 4) is 11.1 Å². The molecule has 5 rings (SSSR count). The first-order valence-corrected chi connectivity index (χ1v) is 10.1. The van der Waals surface area contributed by atoms with Gasteiger partial charge >= 0.3 is 0 Å². The molecule has 0 bridgehead atoms. The summed E-state index contributed by atoms with van der Waals surface area (Å²) in [6.45, 7) is 5.78. The van der Waals surface area contributed by atoms with Crippen molar-refractivity contribution in [2.75, 3.05) is 19.7 Å². The fourth-order valence-corrected chi connectivity index (χ4v) is 4.29. The van der Waals surface area contributed by atoms with Crippen molar-refractivity contribution >= 4 is 11.7 Å². The molecule has 7 heteroatoms. The molecule has 1 amide bonds. The van der Waals surface area contributed by atoms with E-state index in [1.54, 1.807) is 11.0 Å². The Morgan fingerprint density at radius 3 is 2.63 bits per heavy atom. The molecule has 0 saturated carbocycles. The van der Waals surface area contributed by atoms with Crippen LogP contribution in [0.15, 0.2) is 42.5 Å². The predicted molar refractivity (Wildman–Crippen MR) is 110 cm³/mol. The lowest BCUT2D eigenvalue weighted by Gasteiger charge is -2.33. The SMILES string of the molecule is Cc1nc(C)n(C[C@@H]2CN(C(=O)c3ccc4c(c3)C(=O)c3ccccc3-4)CCO2)n1. The van der Waals surface area contributed by atoms with Crippen LogP contribution in [-0.2, 0) is 11.3 Å². The largest absolute Gasteiger partial charge is 0.373 e. The molecule has 2 aliphatic rings. The fourth-order valence-electron chi connectivity index (χ4n) is 4.29. The Kier molecular flexibility index (Phi) is 4.47. The van der Waals surface area contributed by atoms with Crippen LogP contribution in [0, 0.1) is 13.8 Å². The molecule has 2 heterocycles. The summed E-state index contributed by atoms with van der Waals surface area (Å²) in [4.78, 5) is 32.1. The molecule has 152 valence electrons. The Bertz CT molecular complexity index is 1170. The summed E-state index contributed by atoms with van der Waals surface area (Å²) in [5.41, 5.74) is 3.65. The van der Waals surface area contributed by atoms with Crippen molar-refractivity contribution in [1.82, 2.24) is 19.7 Å². The number of nitrogens with zero attached hydrogens (tertiary/aromatic N) is 4. The van der Waals surface area contributed by atoms with E-state index in [2.05, 4.69) is 10.1 Å². The zero-order valence-corrected chi connectivity index (χ0v) is 17.0. The van der Waals surface area contributed by atoms with E-state index in [1.807, 2.05) is 54.9 Å². The molecule has 0 radical (unpaired) electrons. The highest BCUT2D eigenvalue weighted by molar-refractivity contribution is 6.22. The minimum atomic E-state index is -0.150. The topological polar surface area (TPSA) is 77.3 Å². The highest BCUT2D eigenvalue weighted by Gasteiger charge is 2.30. The monoisotopic (exact) mass is 402 g/mol. The van der Waals surface area contributed by atoms with Crippen molar-refractivity contribution in [3.05, 3.63) is 70.8 Å². The number of amides is 1. The van der Waals surface area contributed by atoms with E-state index < -0.39 is 0 Å². The molecule has 7 nitrogen and oxygen atoms in total. The maximum atomic E-state index is 13.2. The van der Waals surface area contributed by atoms with Gasteiger partial charge in [-0.25, -0.2) is 9.67 Å². The van der Waals surface area contributed by atoms with Crippen LogP contribution in [0.25, 0.3) is 11.1 Å². The van der Waals surface area contributed by atoms with Crippen LogP contribution >= 0.6 is 0 Å².